The molecular formula is C15H11ClF3N3O3S. The van der Waals surface area contributed by atoms with E-state index in [1.165, 1.54) is 6.21 Å². The van der Waals surface area contributed by atoms with Gasteiger partial charge >= 0.3 is 6.18 Å². The molecule has 0 spiro atoms. The van der Waals surface area contributed by atoms with Crippen molar-refractivity contribution in [2.45, 2.75) is 11.2 Å². The van der Waals surface area contributed by atoms with E-state index in [1.54, 1.807) is 24.3 Å². The molecule has 0 saturated heterocycles. The van der Waals surface area contributed by atoms with Gasteiger partial charge < -0.3 is 0 Å². The number of pyridine rings is 1. The lowest BCUT2D eigenvalue weighted by atomic mass is 10.2. The third kappa shape index (κ3) is 5.53. The minimum absolute atomic E-state index is 0.392. The molecule has 0 unspecified atom stereocenters. The predicted molar refractivity (Wildman–Crippen MR) is 88.5 cm³/mol. The number of halogens is 4. The fraction of sp³-hybridized carbons (Fsp3) is 0.133. The molecule has 2 aromatic rings. The van der Waals surface area contributed by atoms with Gasteiger partial charge in [-0.1, -0.05) is 23.7 Å². The zero-order valence-electron chi connectivity index (χ0n) is 12.9. The number of benzene rings is 1. The number of carbonyl (C=O) groups is 1. The molecule has 0 radical (unpaired) electrons. The average molecular weight is 406 g/mol. The van der Waals surface area contributed by atoms with Gasteiger partial charge in [0.2, 0.25) is 9.84 Å². The predicted octanol–water partition coefficient (Wildman–Crippen LogP) is 2.68. The first-order valence-corrected chi connectivity index (χ1v) is 8.94. The summed E-state index contributed by atoms with van der Waals surface area (Å²) in [6.07, 6.45) is -2.97. The summed E-state index contributed by atoms with van der Waals surface area (Å²) >= 11 is 5.71. The molecule has 1 amide bonds. The lowest BCUT2D eigenvalue weighted by molar-refractivity contribution is -0.137. The van der Waals surface area contributed by atoms with Gasteiger partial charge in [0.1, 0.15) is 5.75 Å². The molecule has 0 aliphatic carbocycles. The molecule has 0 atom stereocenters. The number of amides is 1. The maximum Gasteiger partial charge on any atom is 0.417 e. The summed E-state index contributed by atoms with van der Waals surface area (Å²) in [6, 6.07) is 7.73. The van der Waals surface area contributed by atoms with Gasteiger partial charge in [0.15, 0.2) is 5.03 Å². The third-order valence-electron chi connectivity index (χ3n) is 2.98. The summed E-state index contributed by atoms with van der Waals surface area (Å²) in [6.45, 7) is 0. The fourth-order valence-corrected chi connectivity index (χ4v) is 2.91. The van der Waals surface area contributed by atoms with Crippen molar-refractivity contribution in [3.8, 4) is 0 Å². The van der Waals surface area contributed by atoms with Gasteiger partial charge in [0.25, 0.3) is 5.91 Å². The summed E-state index contributed by atoms with van der Waals surface area (Å²) in [5.74, 6) is -1.97. The van der Waals surface area contributed by atoms with Crippen molar-refractivity contribution in [3.63, 3.8) is 0 Å². The minimum Gasteiger partial charge on any atom is -0.272 e. The second-order valence-electron chi connectivity index (χ2n) is 4.99. The summed E-state index contributed by atoms with van der Waals surface area (Å²) in [5.41, 5.74) is 1.54. The molecule has 1 aromatic heterocycles. The SMILES string of the molecule is O=C(CS(=O)(=O)c1ccc(C(F)(F)F)cn1)N/N=C/c1ccc(Cl)cc1. The van der Waals surface area contributed by atoms with E-state index in [0.717, 1.165) is 0 Å². The van der Waals surface area contributed by atoms with Gasteiger partial charge in [-0.05, 0) is 29.8 Å². The molecular weight excluding hydrogens is 395 g/mol. The van der Waals surface area contributed by atoms with Crippen molar-refractivity contribution < 1.29 is 26.4 Å². The lowest BCUT2D eigenvalue weighted by Crippen LogP contribution is -2.27. The highest BCUT2D eigenvalue weighted by Gasteiger charge is 2.31. The van der Waals surface area contributed by atoms with Crippen LogP contribution < -0.4 is 5.43 Å². The van der Waals surface area contributed by atoms with Gasteiger partial charge in [0, 0.05) is 11.2 Å². The smallest absolute Gasteiger partial charge is 0.272 e. The summed E-state index contributed by atoms with van der Waals surface area (Å²) < 4.78 is 61.4. The number of nitrogens with zero attached hydrogens (tertiary/aromatic N) is 2. The van der Waals surface area contributed by atoms with Crippen molar-refractivity contribution >= 4 is 33.6 Å². The number of nitrogens with one attached hydrogen (secondary N) is 1. The van der Waals surface area contributed by atoms with E-state index in [0.29, 0.717) is 28.9 Å². The zero-order valence-corrected chi connectivity index (χ0v) is 14.4. The zero-order chi connectivity index (χ0) is 19.4. The van der Waals surface area contributed by atoms with Crippen LogP contribution in [0.2, 0.25) is 5.02 Å². The van der Waals surface area contributed by atoms with Crippen molar-refractivity contribution in [1.82, 2.24) is 10.4 Å². The number of hydrazone groups is 1. The normalized spacial score (nSPS) is 12.3. The van der Waals surface area contributed by atoms with Crippen LogP contribution in [0, 0.1) is 0 Å². The Kier molecular flexibility index (Phi) is 5.98. The van der Waals surface area contributed by atoms with Crippen LogP contribution >= 0.6 is 11.6 Å². The Labute approximate surface area is 151 Å². The van der Waals surface area contributed by atoms with Crippen molar-refractivity contribution in [1.29, 1.82) is 0 Å². The first-order valence-electron chi connectivity index (χ1n) is 6.91. The molecule has 0 saturated carbocycles. The van der Waals surface area contributed by atoms with Crippen LogP contribution in [0.4, 0.5) is 13.2 Å². The number of sulfone groups is 1. The Morgan fingerprint density at radius 3 is 2.38 bits per heavy atom. The van der Waals surface area contributed by atoms with E-state index < -0.39 is 38.3 Å². The second-order valence-corrected chi connectivity index (χ2v) is 7.36. The third-order valence-corrected chi connectivity index (χ3v) is 4.75. The summed E-state index contributed by atoms with van der Waals surface area (Å²) in [4.78, 5) is 14.9. The van der Waals surface area contributed by atoms with E-state index in [-0.39, 0.29) is 0 Å². The molecule has 138 valence electrons. The van der Waals surface area contributed by atoms with E-state index in [9.17, 15) is 26.4 Å². The standard InChI is InChI=1S/C15H11ClF3N3O3S/c16-12-4-1-10(2-5-12)7-21-22-13(23)9-26(24,25)14-6-3-11(8-20-14)15(17,18)19/h1-8H,9H2,(H,22,23)/b21-7+. The average Bonchev–Trinajstić information content (AvgIpc) is 2.55. The number of alkyl halides is 3. The first kappa shape index (κ1) is 19.9. The van der Waals surface area contributed by atoms with Gasteiger partial charge in [0.05, 0.1) is 11.8 Å². The van der Waals surface area contributed by atoms with Crippen molar-refractivity contribution in [3.05, 3.63) is 58.7 Å². The number of rotatable bonds is 5. The topological polar surface area (TPSA) is 88.5 Å². The molecule has 0 fully saturated rings. The van der Waals surface area contributed by atoms with E-state index in [1.807, 2.05) is 5.43 Å². The molecule has 6 nitrogen and oxygen atoms in total. The maximum atomic E-state index is 12.5. The Bertz CT molecular complexity index is 912. The number of aromatic nitrogens is 1. The lowest BCUT2D eigenvalue weighted by Gasteiger charge is -2.07. The minimum atomic E-state index is -4.64. The highest BCUT2D eigenvalue weighted by atomic mass is 35.5. The monoisotopic (exact) mass is 405 g/mol. The molecule has 11 heteroatoms. The van der Waals surface area contributed by atoms with Gasteiger partial charge in [-0.3, -0.25) is 4.79 Å². The van der Waals surface area contributed by atoms with Gasteiger partial charge in [-0.15, -0.1) is 0 Å². The van der Waals surface area contributed by atoms with Gasteiger partial charge in [-0.2, -0.15) is 18.3 Å². The fourth-order valence-electron chi connectivity index (χ4n) is 1.74. The van der Waals surface area contributed by atoms with E-state index in [4.69, 9.17) is 11.6 Å². The molecule has 1 heterocycles. The summed E-state index contributed by atoms with van der Waals surface area (Å²) in [5, 5.41) is 3.47. The maximum absolute atomic E-state index is 12.5. The molecule has 1 aromatic carbocycles. The largest absolute Gasteiger partial charge is 0.417 e. The summed E-state index contributed by atoms with van der Waals surface area (Å²) in [7, 11) is -4.20. The van der Waals surface area contributed by atoms with Crippen molar-refractivity contribution in [2.75, 3.05) is 5.75 Å². The Morgan fingerprint density at radius 2 is 1.85 bits per heavy atom. The highest BCUT2D eigenvalue weighted by Crippen LogP contribution is 2.28. The molecule has 0 aliphatic rings. The number of hydrogen-bond acceptors (Lipinski definition) is 5. The second kappa shape index (κ2) is 7.83. The Hall–Kier alpha value is -2.46. The molecule has 0 aliphatic heterocycles. The molecule has 1 N–H and O–H groups in total. The van der Waals surface area contributed by atoms with Crippen LogP contribution in [-0.4, -0.2) is 31.3 Å². The molecule has 0 bridgehead atoms. The van der Waals surface area contributed by atoms with Gasteiger partial charge in [-0.25, -0.2) is 18.8 Å². The van der Waals surface area contributed by atoms with Crippen LogP contribution in [0.15, 0.2) is 52.7 Å². The van der Waals surface area contributed by atoms with Crippen LogP contribution in [0.5, 0.6) is 0 Å². The van der Waals surface area contributed by atoms with Crippen molar-refractivity contribution in [2.24, 2.45) is 5.10 Å². The van der Waals surface area contributed by atoms with Crippen LogP contribution in [0.25, 0.3) is 0 Å². The molecule has 26 heavy (non-hydrogen) atoms. The quantitative estimate of drug-likeness (QED) is 0.612. The van der Waals surface area contributed by atoms with Crippen LogP contribution in [-0.2, 0) is 20.8 Å². The van der Waals surface area contributed by atoms with E-state index >= 15 is 0 Å². The van der Waals surface area contributed by atoms with Crippen LogP contribution in [0.3, 0.4) is 0 Å². The van der Waals surface area contributed by atoms with Crippen LogP contribution in [0.1, 0.15) is 11.1 Å². The number of carbonyl (C=O) groups excluding carboxylic acids is 1. The Balaban J connectivity index is 1.99. The van der Waals surface area contributed by atoms with E-state index in [2.05, 4.69) is 10.1 Å². The Morgan fingerprint density at radius 1 is 1.19 bits per heavy atom. The first-order chi connectivity index (χ1) is 12.1. The molecule has 2 rings (SSSR count). The number of hydrogen-bond donors (Lipinski definition) is 1. The highest BCUT2D eigenvalue weighted by molar-refractivity contribution is 7.92.